The van der Waals surface area contributed by atoms with E-state index in [9.17, 15) is 4.39 Å². The van der Waals surface area contributed by atoms with E-state index in [1.807, 2.05) is 12.1 Å². The summed E-state index contributed by atoms with van der Waals surface area (Å²) in [6.45, 7) is 0. The van der Waals surface area contributed by atoms with Crippen LogP contribution in [0.1, 0.15) is 5.56 Å². The van der Waals surface area contributed by atoms with E-state index in [1.165, 1.54) is 12.1 Å². The molecule has 0 saturated carbocycles. The zero-order chi connectivity index (χ0) is 11.2. The van der Waals surface area contributed by atoms with Crippen molar-refractivity contribution in [3.05, 3.63) is 60.2 Å². The van der Waals surface area contributed by atoms with Crippen molar-refractivity contribution in [3.63, 3.8) is 0 Å². The van der Waals surface area contributed by atoms with Crippen molar-refractivity contribution in [2.75, 3.05) is 5.43 Å². The molecule has 4 heteroatoms. The maximum atomic E-state index is 12.6. The fourth-order valence-electron chi connectivity index (χ4n) is 1.16. The lowest BCUT2D eigenvalue weighted by atomic mass is 10.3. The average molecular weight is 215 g/mol. The Morgan fingerprint density at radius 1 is 1.19 bits per heavy atom. The second kappa shape index (κ2) is 5.02. The molecule has 1 aromatic heterocycles. The van der Waals surface area contributed by atoms with Gasteiger partial charge in [-0.05, 0) is 30.3 Å². The lowest BCUT2D eigenvalue weighted by Crippen LogP contribution is -1.90. The van der Waals surface area contributed by atoms with Crippen LogP contribution in [-0.2, 0) is 0 Å². The summed E-state index contributed by atoms with van der Waals surface area (Å²) >= 11 is 0. The summed E-state index contributed by atoms with van der Waals surface area (Å²) in [4.78, 5) is 3.95. The molecule has 1 heterocycles. The van der Waals surface area contributed by atoms with Crippen molar-refractivity contribution < 1.29 is 4.39 Å². The van der Waals surface area contributed by atoms with Crippen LogP contribution < -0.4 is 5.43 Å². The number of halogens is 1. The van der Waals surface area contributed by atoms with Gasteiger partial charge in [0.2, 0.25) is 0 Å². The van der Waals surface area contributed by atoms with Crippen LogP contribution in [0.15, 0.2) is 53.9 Å². The van der Waals surface area contributed by atoms with Gasteiger partial charge in [0.1, 0.15) is 5.82 Å². The molecule has 0 unspecified atom stereocenters. The molecule has 2 rings (SSSR count). The number of nitrogens with zero attached hydrogens (tertiary/aromatic N) is 2. The van der Waals surface area contributed by atoms with Crippen molar-refractivity contribution in [1.82, 2.24) is 4.98 Å². The molecule has 0 amide bonds. The van der Waals surface area contributed by atoms with Gasteiger partial charge in [0.05, 0.1) is 11.9 Å². The topological polar surface area (TPSA) is 37.3 Å². The van der Waals surface area contributed by atoms with E-state index in [2.05, 4.69) is 15.5 Å². The van der Waals surface area contributed by atoms with Gasteiger partial charge in [-0.3, -0.25) is 10.4 Å². The highest BCUT2D eigenvalue weighted by Crippen LogP contribution is 2.07. The fraction of sp³-hybridized carbons (Fsp3) is 0. The molecule has 1 N–H and O–H groups in total. The smallest absolute Gasteiger partial charge is 0.123 e. The summed E-state index contributed by atoms with van der Waals surface area (Å²) in [5.41, 5.74) is 4.43. The quantitative estimate of drug-likeness (QED) is 0.631. The van der Waals surface area contributed by atoms with E-state index in [-0.39, 0.29) is 5.82 Å². The van der Waals surface area contributed by atoms with E-state index < -0.39 is 0 Å². The number of hydrogen-bond donors (Lipinski definition) is 1. The monoisotopic (exact) mass is 215 g/mol. The Labute approximate surface area is 92.7 Å². The maximum Gasteiger partial charge on any atom is 0.123 e. The fourth-order valence-corrected chi connectivity index (χ4v) is 1.16. The third-order valence-electron chi connectivity index (χ3n) is 1.94. The van der Waals surface area contributed by atoms with Crippen LogP contribution in [0.25, 0.3) is 0 Å². The molecule has 0 fully saturated rings. The molecule has 0 saturated heterocycles. The summed E-state index contributed by atoms with van der Waals surface area (Å²) in [7, 11) is 0. The van der Waals surface area contributed by atoms with Crippen molar-refractivity contribution in [2.45, 2.75) is 0 Å². The molecular formula is C12H10FN3. The van der Waals surface area contributed by atoms with Crippen LogP contribution in [0.5, 0.6) is 0 Å². The number of hydrogen-bond acceptors (Lipinski definition) is 3. The normalized spacial score (nSPS) is 10.6. The second-order valence-electron chi connectivity index (χ2n) is 3.16. The Morgan fingerprint density at radius 3 is 2.69 bits per heavy atom. The number of aromatic nitrogens is 1. The number of pyridine rings is 1. The van der Waals surface area contributed by atoms with Crippen LogP contribution in [0, 0.1) is 5.82 Å². The van der Waals surface area contributed by atoms with Crippen molar-refractivity contribution in [2.24, 2.45) is 5.10 Å². The molecule has 0 spiro atoms. The van der Waals surface area contributed by atoms with Crippen molar-refractivity contribution >= 4 is 11.9 Å². The molecular weight excluding hydrogens is 205 g/mol. The number of anilines is 1. The first kappa shape index (κ1) is 10.3. The van der Waals surface area contributed by atoms with E-state index >= 15 is 0 Å². The number of benzene rings is 1. The summed E-state index contributed by atoms with van der Waals surface area (Å²) < 4.78 is 12.6. The third-order valence-corrected chi connectivity index (χ3v) is 1.94. The number of hydrazone groups is 1. The maximum absolute atomic E-state index is 12.6. The van der Waals surface area contributed by atoms with Gasteiger partial charge in [-0.1, -0.05) is 6.07 Å². The first-order chi connectivity index (χ1) is 7.84. The standard InChI is InChI=1S/C12H10FN3/c13-11-3-5-12(6-4-11)16-15-9-10-2-1-7-14-8-10/h1-9,16H/b15-9+. The predicted molar refractivity (Wildman–Crippen MR) is 61.9 cm³/mol. The molecule has 0 aliphatic heterocycles. The summed E-state index contributed by atoms with van der Waals surface area (Å²) in [6.07, 6.45) is 5.05. The Kier molecular flexibility index (Phi) is 3.23. The van der Waals surface area contributed by atoms with Crippen molar-refractivity contribution in [1.29, 1.82) is 0 Å². The Morgan fingerprint density at radius 2 is 2.00 bits per heavy atom. The minimum absolute atomic E-state index is 0.262. The van der Waals surface area contributed by atoms with Gasteiger partial charge in [0.25, 0.3) is 0 Å². The van der Waals surface area contributed by atoms with E-state index in [0.717, 1.165) is 11.3 Å². The first-order valence-electron chi connectivity index (χ1n) is 4.79. The Balaban J connectivity index is 1.97. The molecule has 1 aromatic carbocycles. The molecule has 2 aromatic rings. The van der Waals surface area contributed by atoms with E-state index in [4.69, 9.17) is 0 Å². The van der Waals surface area contributed by atoms with Gasteiger partial charge in [0.15, 0.2) is 0 Å². The number of rotatable bonds is 3. The lowest BCUT2D eigenvalue weighted by Gasteiger charge is -1.98. The predicted octanol–water partition coefficient (Wildman–Crippen LogP) is 2.67. The Bertz CT molecular complexity index is 465. The van der Waals surface area contributed by atoms with Crippen LogP contribution in [-0.4, -0.2) is 11.2 Å². The van der Waals surface area contributed by atoms with Gasteiger partial charge >= 0.3 is 0 Å². The molecule has 3 nitrogen and oxygen atoms in total. The van der Waals surface area contributed by atoms with Gasteiger partial charge < -0.3 is 0 Å². The molecule has 0 aliphatic carbocycles. The van der Waals surface area contributed by atoms with Crippen LogP contribution >= 0.6 is 0 Å². The lowest BCUT2D eigenvalue weighted by molar-refractivity contribution is 0.628. The third kappa shape index (κ3) is 2.88. The van der Waals surface area contributed by atoms with Gasteiger partial charge in [0, 0.05) is 18.0 Å². The molecule has 80 valence electrons. The van der Waals surface area contributed by atoms with E-state index in [0.29, 0.717) is 0 Å². The SMILES string of the molecule is Fc1ccc(N/N=C/c2cccnc2)cc1. The summed E-state index contributed by atoms with van der Waals surface area (Å²) in [6, 6.07) is 9.72. The molecule has 0 atom stereocenters. The van der Waals surface area contributed by atoms with Gasteiger partial charge in [-0.15, -0.1) is 0 Å². The summed E-state index contributed by atoms with van der Waals surface area (Å²) in [5.74, 6) is -0.262. The minimum Gasteiger partial charge on any atom is -0.279 e. The second-order valence-corrected chi connectivity index (χ2v) is 3.16. The molecule has 0 radical (unpaired) electrons. The minimum atomic E-state index is -0.262. The first-order valence-corrected chi connectivity index (χ1v) is 4.79. The highest BCUT2D eigenvalue weighted by atomic mass is 19.1. The molecule has 0 bridgehead atoms. The highest BCUT2D eigenvalue weighted by molar-refractivity contribution is 5.79. The molecule has 0 aliphatic rings. The average Bonchev–Trinajstić information content (AvgIpc) is 2.33. The zero-order valence-corrected chi connectivity index (χ0v) is 8.47. The van der Waals surface area contributed by atoms with Crippen LogP contribution in [0.4, 0.5) is 10.1 Å². The van der Waals surface area contributed by atoms with Gasteiger partial charge in [-0.25, -0.2) is 4.39 Å². The summed E-state index contributed by atoms with van der Waals surface area (Å²) in [5, 5.41) is 4.00. The highest BCUT2D eigenvalue weighted by Gasteiger charge is 1.90. The largest absolute Gasteiger partial charge is 0.279 e. The van der Waals surface area contributed by atoms with Crippen molar-refractivity contribution in [3.8, 4) is 0 Å². The van der Waals surface area contributed by atoms with Gasteiger partial charge in [-0.2, -0.15) is 5.10 Å². The zero-order valence-electron chi connectivity index (χ0n) is 8.47. The van der Waals surface area contributed by atoms with E-state index in [1.54, 1.807) is 30.7 Å². The van der Waals surface area contributed by atoms with Crippen LogP contribution in [0.3, 0.4) is 0 Å². The Hall–Kier alpha value is -2.23. The number of nitrogens with one attached hydrogen (secondary N) is 1. The van der Waals surface area contributed by atoms with Crippen LogP contribution in [0.2, 0.25) is 0 Å². The molecule has 16 heavy (non-hydrogen) atoms.